The van der Waals surface area contributed by atoms with Crippen LogP contribution in [0.5, 0.6) is 0 Å². The van der Waals surface area contributed by atoms with Gasteiger partial charge in [0, 0.05) is 12.7 Å². The Morgan fingerprint density at radius 3 is 2.78 bits per heavy atom. The van der Waals surface area contributed by atoms with Crippen molar-refractivity contribution >= 4 is 29.1 Å². The molecule has 1 aromatic heterocycles. The minimum Gasteiger partial charge on any atom is -0.357 e. The minimum atomic E-state index is -0.279. The molecule has 0 aliphatic rings. The summed E-state index contributed by atoms with van der Waals surface area (Å²) in [6.07, 6.45) is 1.48. The molecule has 2 aromatic rings. The summed E-state index contributed by atoms with van der Waals surface area (Å²) in [5.41, 5.74) is 1.17. The molecule has 0 amide bonds. The SMILES string of the molecule is CNc1ncc(Cl)c(Nc2ccc(C)c(F)c2)n1. The molecule has 1 heterocycles. The van der Waals surface area contributed by atoms with Crippen LogP contribution in [0.15, 0.2) is 24.4 Å². The number of anilines is 3. The van der Waals surface area contributed by atoms with E-state index in [1.807, 2.05) is 0 Å². The molecule has 2 rings (SSSR count). The molecular weight excluding hydrogens is 255 g/mol. The Morgan fingerprint density at radius 1 is 1.33 bits per heavy atom. The van der Waals surface area contributed by atoms with Crippen LogP contribution >= 0.6 is 11.6 Å². The van der Waals surface area contributed by atoms with E-state index in [9.17, 15) is 4.39 Å². The van der Waals surface area contributed by atoms with E-state index < -0.39 is 0 Å². The lowest BCUT2D eigenvalue weighted by Crippen LogP contribution is -2.01. The number of hydrogen-bond acceptors (Lipinski definition) is 4. The molecule has 1 aromatic carbocycles. The van der Waals surface area contributed by atoms with Crippen LogP contribution < -0.4 is 10.6 Å². The van der Waals surface area contributed by atoms with Crippen molar-refractivity contribution in [2.45, 2.75) is 6.92 Å². The monoisotopic (exact) mass is 266 g/mol. The number of nitrogens with one attached hydrogen (secondary N) is 2. The zero-order valence-corrected chi connectivity index (χ0v) is 10.7. The standard InChI is InChI=1S/C12H12ClFN4/c1-7-3-4-8(5-10(7)14)17-11-9(13)6-16-12(15-2)18-11/h3-6H,1-2H3,(H2,15,16,17,18). The molecule has 6 heteroatoms. The number of aromatic nitrogens is 2. The smallest absolute Gasteiger partial charge is 0.224 e. The molecule has 0 radical (unpaired) electrons. The summed E-state index contributed by atoms with van der Waals surface area (Å²) in [5.74, 6) is 0.591. The number of hydrogen-bond donors (Lipinski definition) is 2. The molecule has 0 atom stereocenters. The zero-order chi connectivity index (χ0) is 13.1. The van der Waals surface area contributed by atoms with E-state index in [0.717, 1.165) is 0 Å². The second-order valence-corrected chi connectivity index (χ2v) is 4.14. The summed E-state index contributed by atoms with van der Waals surface area (Å²) in [4.78, 5) is 8.11. The van der Waals surface area contributed by atoms with Crippen molar-refractivity contribution in [3.05, 3.63) is 40.8 Å². The van der Waals surface area contributed by atoms with Crippen LogP contribution in [0.3, 0.4) is 0 Å². The van der Waals surface area contributed by atoms with Gasteiger partial charge in [0.05, 0.1) is 6.20 Å². The molecule has 0 aliphatic heterocycles. The predicted molar refractivity (Wildman–Crippen MR) is 71.0 cm³/mol. The number of halogens is 2. The van der Waals surface area contributed by atoms with Gasteiger partial charge in [-0.1, -0.05) is 17.7 Å². The van der Waals surface area contributed by atoms with Crippen molar-refractivity contribution in [1.82, 2.24) is 9.97 Å². The van der Waals surface area contributed by atoms with Crippen molar-refractivity contribution in [3.63, 3.8) is 0 Å². The van der Waals surface area contributed by atoms with Gasteiger partial charge in [-0.05, 0) is 24.6 Å². The quantitative estimate of drug-likeness (QED) is 0.894. The van der Waals surface area contributed by atoms with Crippen molar-refractivity contribution < 1.29 is 4.39 Å². The van der Waals surface area contributed by atoms with Crippen molar-refractivity contribution in [2.75, 3.05) is 17.7 Å². The molecule has 0 unspecified atom stereocenters. The van der Waals surface area contributed by atoms with Gasteiger partial charge in [-0.25, -0.2) is 9.37 Å². The van der Waals surface area contributed by atoms with Gasteiger partial charge in [0.1, 0.15) is 10.8 Å². The highest BCUT2D eigenvalue weighted by Gasteiger charge is 2.06. The molecule has 0 spiro atoms. The maximum absolute atomic E-state index is 13.4. The zero-order valence-electron chi connectivity index (χ0n) is 9.96. The maximum atomic E-state index is 13.4. The van der Waals surface area contributed by atoms with E-state index in [2.05, 4.69) is 20.6 Å². The summed E-state index contributed by atoms with van der Waals surface area (Å²) in [7, 11) is 1.71. The largest absolute Gasteiger partial charge is 0.357 e. The van der Waals surface area contributed by atoms with Crippen LogP contribution in [0, 0.1) is 12.7 Å². The topological polar surface area (TPSA) is 49.8 Å². The number of benzene rings is 1. The van der Waals surface area contributed by atoms with Gasteiger partial charge in [0.15, 0.2) is 5.82 Å². The third kappa shape index (κ3) is 2.68. The average Bonchev–Trinajstić information content (AvgIpc) is 2.36. The van der Waals surface area contributed by atoms with Crippen molar-refractivity contribution in [1.29, 1.82) is 0 Å². The molecular formula is C12H12ClFN4. The fourth-order valence-corrected chi connectivity index (χ4v) is 1.52. The summed E-state index contributed by atoms with van der Waals surface area (Å²) in [5, 5.41) is 6.13. The van der Waals surface area contributed by atoms with Gasteiger partial charge in [-0.2, -0.15) is 4.98 Å². The number of rotatable bonds is 3. The minimum absolute atomic E-state index is 0.279. The lowest BCUT2D eigenvalue weighted by Gasteiger charge is -2.09. The molecule has 0 saturated heterocycles. The lowest BCUT2D eigenvalue weighted by atomic mass is 10.2. The van der Waals surface area contributed by atoms with Crippen LogP contribution in [-0.2, 0) is 0 Å². The van der Waals surface area contributed by atoms with E-state index in [4.69, 9.17) is 11.6 Å². The first-order valence-corrected chi connectivity index (χ1v) is 5.71. The summed E-state index contributed by atoms with van der Waals surface area (Å²) in [6, 6.07) is 4.84. The average molecular weight is 267 g/mol. The van der Waals surface area contributed by atoms with E-state index in [0.29, 0.717) is 28.0 Å². The predicted octanol–water partition coefficient (Wildman–Crippen LogP) is 3.36. The molecule has 0 aliphatic carbocycles. The van der Waals surface area contributed by atoms with E-state index in [1.165, 1.54) is 12.3 Å². The van der Waals surface area contributed by atoms with Gasteiger partial charge >= 0.3 is 0 Å². The van der Waals surface area contributed by atoms with Gasteiger partial charge in [-0.3, -0.25) is 0 Å². The van der Waals surface area contributed by atoms with Crippen molar-refractivity contribution in [2.24, 2.45) is 0 Å². The van der Waals surface area contributed by atoms with E-state index >= 15 is 0 Å². The van der Waals surface area contributed by atoms with Crippen LogP contribution in [0.1, 0.15) is 5.56 Å². The first-order valence-electron chi connectivity index (χ1n) is 5.33. The van der Waals surface area contributed by atoms with Gasteiger partial charge in [0.2, 0.25) is 5.95 Å². The second kappa shape index (κ2) is 5.18. The number of aryl methyl sites for hydroxylation is 1. The third-order valence-electron chi connectivity index (χ3n) is 2.40. The molecule has 0 fully saturated rings. The molecule has 18 heavy (non-hydrogen) atoms. The highest BCUT2D eigenvalue weighted by Crippen LogP contribution is 2.24. The summed E-state index contributed by atoms with van der Waals surface area (Å²) >= 11 is 5.97. The Balaban J connectivity index is 2.30. The van der Waals surface area contributed by atoms with Gasteiger partial charge in [-0.15, -0.1) is 0 Å². The van der Waals surface area contributed by atoms with E-state index in [-0.39, 0.29) is 5.82 Å². The van der Waals surface area contributed by atoms with Crippen LogP contribution in [-0.4, -0.2) is 17.0 Å². The highest BCUT2D eigenvalue weighted by molar-refractivity contribution is 6.32. The molecule has 0 bridgehead atoms. The Bertz CT molecular complexity index is 574. The van der Waals surface area contributed by atoms with Gasteiger partial charge in [0.25, 0.3) is 0 Å². The fourth-order valence-electron chi connectivity index (χ4n) is 1.38. The maximum Gasteiger partial charge on any atom is 0.224 e. The normalized spacial score (nSPS) is 10.2. The summed E-state index contributed by atoms with van der Waals surface area (Å²) < 4.78 is 13.4. The van der Waals surface area contributed by atoms with Crippen LogP contribution in [0.2, 0.25) is 5.02 Å². The summed E-state index contributed by atoms with van der Waals surface area (Å²) in [6.45, 7) is 1.70. The van der Waals surface area contributed by atoms with E-state index in [1.54, 1.807) is 26.1 Å². The molecule has 4 nitrogen and oxygen atoms in total. The van der Waals surface area contributed by atoms with Crippen molar-refractivity contribution in [3.8, 4) is 0 Å². The van der Waals surface area contributed by atoms with Gasteiger partial charge < -0.3 is 10.6 Å². The molecule has 2 N–H and O–H groups in total. The Labute approximate surface area is 109 Å². The van der Waals surface area contributed by atoms with Crippen LogP contribution in [0.25, 0.3) is 0 Å². The second-order valence-electron chi connectivity index (χ2n) is 3.73. The Kier molecular flexibility index (Phi) is 3.62. The number of nitrogens with zero attached hydrogens (tertiary/aromatic N) is 2. The Morgan fingerprint density at radius 2 is 2.11 bits per heavy atom. The Hall–Kier alpha value is -1.88. The third-order valence-corrected chi connectivity index (χ3v) is 2.68. The fraction of sp³-hybridized carbons (Fsp3) is 0.167. The first-order chi connectivity index (χ1) is 8.60. The highest BCUT2D eigenvalue weighted by atomic mass is 35.5. The molecule has 94 valence electrons. The lowest BCUT2D eigenvalue weighted by molar-refractivity contribution is 0.619. The first kappa shape index (κ1) is 12.6. The van der Waals surface area contributed by atoms with Crippen LogP contribution in [0.4, 0.5) is 21.8 Å². The molecule has 0 saturated carbocycles.